The Morgan fingerprint density at radius 3 is 2.65 bits per heavy atom. The summed E-state index contributed by atoms with van der Waals surface area (Å²) in [5, 5.41) is 17.4. The van der Waals surface area contributed by atoms with E-state index in [1.165, 1.54) is 6.07 Å². The summed E-state index contributed by atoms with van der Waals surface area (Å²) in [6.07, 6.45) is 1.70. The van der Waals surface area contributed by atoms with Crippen LogP contribution in [0.2, 0.25) is 0 Å². The van der Waals surface area contributed by atoms with E-state index < -0.39 is 4.92 Å². The van der Waals surface area contributed by atoms with E-state index in [0.717, 1.165) is 0 Å². The fourth-order valence-electron chi connectivity index (χ4n) is 2.49. The molecule has 0 amide bonds. The Labute approximate surface area is 150 Å². The number of benzene rings is 1. The Morgan fingerprint density at radius 1 is 1.12 bits per heavy atom. The van der Waals surface area contributed by atoms with Gasteiger partial charge in [0, 0.05) is 30.6 Å². The zero-order chi connectivity index (χ0) is 18.5. The zero-order valence-electron chi connectivity index (χ0n) is 14.4. The zero-order valence-corrected chi connectivity index (χ0v) is 14.4. The van der Waals surface area contributed by atoms with E-state index in [2.05, 4.69) is 25.6 Å². The maximum atomic E-state index is 11.1. The Bertz CT molecular complexity index is 930. The maximum absolute atomic E-state index is 11.1. The molecule has 0 spiro atoms. The van der Waals surface area contributed by atoms with E-state index in [0.29, 0.717) is 40.9 Å². The highest BCUT2D eigenvalue weighted by Gasteiger charge is 2.14. The van der Waals surface area contributed by atoms with Crippen LogP contribution in [0, 0.1) is 17.0 Å². The number of nitro benzene ring substituents is 1. The summed E-state index contributed by atoms with van der Waals surface area (Å²) in [7, 11) is 0. The molecule has 0 saturated carbocycles. The Hall–Kier alpha value is -3.55. The van der Waals surface area contributed by atoms with Crippen molar-refractivity contribution in [2.75, 3.05) is 17.2 Å². The van der Waals surface area contributed by atoms with Crippen LogP contribution >= 0.6 is 0 Å². The molecule has 0 saturated heterocycles. The molecule has 2 aromatic heterocycles. The van der Waals surface area contributed by atoms with Gasteiger partial charge in [-0.3, -0.25) is 15.1 Å². The Balaban J connectivity index is 2.01. The first-order valence-electron chi connectivity index (χ1n) is 8.14. The van der Waals surface area contributed by atoms with Gasteiger partial charge in [-0.25, -0.2) is 4.98 Å². The molecule has 3 rings (SSSR count). The molecule has 2 N–H and O–H groups in total. The number of nitrogens with one attached hydrogen (secondary N) is 2. The summed E-state index contributed by atoms with van der Waals surface area (Å²) < 4.78 is 0. The van der Waals surface area contributed by atoms with Crippen molar-refractivity contribution in [1.29, 1.82) is 0 Å². The molecule has 8 heteroatoms. The van der Waals surface area contributed by atoms with Crippen molar-refractivity contribution in [2.45, 2.75) is 13.8 Å². The summed E-state index contributed by atoms with van der Waals surface area (Å²) >= 11 is 0. The molecular formula is C18H18N6O2. The second-order valence-corrected chi connectivity index (χ2v) is 5.54. The van der Waals surface area contributed by atoms with E-state index >= 15 is 0 Å². The third kappa shape index (κ3) is 3.75. The summed E-state index contributed by atoms with van der Waals surface area (Å²) in [4.78, 5) is 24.0. The quantitative estimate of drug-likeness (QED) is 0.512. The second-order valence-electron chi connectivity index (χ2n) is 5.54. The molecule has 0 radical (unpaired) electrons. The Morgan fingerprint density at radius 2 is 1.96 bits per heavy atom. The lowest BCUT2D eigenvalue weighted by Crippen LogP contribution is -2.06. The van der Waals surface area contributed by atoms with Gasteiger partial charge in [0.05, 0.1) is 21.9 Å². The number of hydrogen-bond donors (Lipinski definition) is 2. The van der Waals surface area contributed by atoms with Gasteiger partial charge in [0.1, 0.15) is 5.82 Å². The number of hydrogen-bond acceptors (Lipinski definition) is 7. The van der Waals surface area contributed by atoms with E-state index in [-0.39, 0.29) is 5.69 Å². The van der Waals surface area contributed by atoms with Crippen molar-refractivity contribution in [2.24, 2.45) is 0 Å². The molecule has 0 aliphatic rings. The number of nitrogens with zero attached hydrogens (tertiary/aromatic N) is 4. The highest BCUT2D eigenvalue weighted by molar-refractivity contribution is 5.69. The highest BCUT2D eigenvalue weighted by Crippen LogP contribution is 2.28. The lowest BCUT2D eigenvalue weighted by molar-refractivity contribution is -0.385. The smallest absolute Gasteiger partial charge is 0.274 e. The van der Waals surface area contributed by atoms with Crippen LogP contribution < -0.4 is 10.6 Å². The van der Waals surface area contributed by atoms with Gasteiger partial charge in [-0.05, 0) is 32.0 Å². The normalized spacial score (nSPS) is 10.4. The molecule has 1 aromatic carbocycles. The fraction of sp³-hybridized carbons (Fsp3) is 0.167. The molecule has 0 bridgehead atoms. The van der Waals surface area contributed by atoms with Crippen molar-refractivity contribution in [3.05, 3.63) is 64.3 Å². The predicted octanol–water partition coefficient (Wildman–Crippen LogP) is 3.93. The molecule has 0 unspecified atom stereocenters. The van der Waals surface area contributed by atoms with Crippen molar-refractivity contribution in [3.63, 3.8) is 0 Å². The first-order valence-corrected chi connectivity index (χ1v) is 8.14. The molecule has 26 heavy (non-hydrogen) atoms. The van der Waals surface area contributed by atoms with Gasteiger partial charge in [-0.15, -0.1) is 0 Å². The van der Waals surface area contributed by atoms with Gasteiger partial charge in [-0.1, -0.05) is 12.1 Å². The van der Waals surface area contributed by atoms with Crippen LogP contribution in [-0.4, -0.2) is 26.4 Å². The number of aromatic nitrogens is 3. The lowest BCUT2D eigenvalue weighted by Gasteiger charge is -2.12. The lowest BCUT2D eigenvalue weighted by atomic mass is 10.1. The second kappa shape index (κ2) is 7.56. The van der Waals surface area contributed by atoms with Crippen LogP contribution in [0.1, 0.15) is 12.5 Å². The average molecular weight is 350 g/mol. The first kappa shape index (κ1) is 17.3. The predicted molar refractivity (Wildman–Crippen MR) is 101 cm³/mol. The van der Waals surface area contributed by atoms with Crippen molar-refractivity contribution in [3.8, 4) is 11.4 Å². The van der Waals surface area contributed by atoms with E-state index in [1.54, 1.807) is 31.3 Å². The summed E-state index contributed by atoms with van der Waals surface area (Å²) in [6.45, 7) is 4.32. The summed E-state index contributed by atoms with van der Waals surface area (Å²) in [5.74, 6) is 0.987. The van der Waals surface area contributed by atoms with Crippen LogP contribution in [-0.2, 0) is 0 Å². The molecule has 3 aromatic rings. The maximum Gasteiger partial charge on any atom is 0.274 e. The van der Waals surface area contributed by atoms with Gasteiger partial charge in [0.15, 0.2) is 0 Å². The minimum Gasteiger partial charge on any atom is -0.354 e. The molecule has 8 nitrogen and oxygen atoms in total. The highest BCUT2D eigenvalue weighted by atomic mass is 16.6. The van der Waals surface area contributed by atoms with Gasteiger partial charge < -0.3 is 10.6 Å². The van der Waals surface area contributed by atoms with Crippen molar-refractivity contribution < 1.29 is 4.92 Å². The standard InChI is InChI=1S/C18H18N6O2/c1-3-19-18-22-15(14-7-4-5-10-20-14)11-17(23-18)21-13-8-6-9-16(12(13)2)24(25)26/h4-11H,3H2,1-2H3,(H2,19,21,22,23). The first-order chi connectivity index (χ1) is 12.6. The van der Waals surface area contributed by atoms with Crippen LogP contribution in [0.4, 0.5) is 23.1 Å². The summed E-state index contributed by atoms with van der Waals surface area (Å²) in [5.41, 5.74) is 2.59. The van der Waals surface area contributed by atoms with E-state index in [4.69, 9.17) is 0 Å². The van der Waals surface area contributed by atoms with Crippen LogP contribution in [0.15, 0.2) is 48.7 Å². The molecular weight excluding hydrogens is 332 g/mol. The van der Waals surface area contributed by atoms with Gasteiger partial charge >= 0.3 is 0 Å². The molecule has 0 aliphatic carbocycles. The van der Waals surface area contributed by atoms with Gasteiger partial charge in [0.2, 0.25) is 5.95 Å². The largest absolute Gasteiger partial charge is 0.354 e. The molecule has 132 valence electrons. The van der Waals surface area contributed by atoms with Crippen LogP contribution in [0.5, 0.6) is 0 Å². The van der Waals surface area contributed by atoms with E-state index in [1.807, 2.05) is 25.1 Å². The topological polar surface area (TPSA) is 106 Å². The van der Waals surface area contributed by atoms with Crippen LogP contribution in [0.3, 0.4) is 0 Å². The SMILES string of the molecule is CCNc1nc(Nc2cccc([N+](=O)[O-])c2C)cc(-c2ccccn2)n1. The minimum absolute atomic E-state index is 0.0564. The Kier molecular flexibility index (Phi) is 5.02. The average Bonchev–Trinajstić information content (AvgIpc) is 2.64. The molecule has 0 fully saturated rings. The summed E-state index contributed by atoms with van der Waals surface area (Å²) in [6, 6.07) is 12.2. The third-order valence-electron chi connectivity index (χ3n) is 3.75. The number of pyridine rings is 1. The van der Waals surface area contributed by atoms with Crippen molar-refractivity contribution >= 4 is 23.1 Å². The number of anilines is 3. The molecule has 2 heterocycles. The third-order valence-corrected chi connectivity index (χ3v) is 3.75. The number of rotatable bonds is 6. The van der Waals surface area contributed by atoms with E-state index in [9.17, 15) is 10.1 Å². The number of nitro groups is 1. The van der Waals surface area contributed by atoms with Crippen molar-refractivity contribution in [1.82, 2.24) is 15.0 Å². The molecule has 0 aliphatic heterocycles. The minimum atomic E-state index is -0.399. The fourth-order valence-corrected chi connectivity index (χ4v) is 2.49. The van der Waals surface area contributed by atoms with Gasteiger partial charge in [-0.2, -0.15) is 4.98 Å². The monoisotopic (exact) mass is 350 g/mol. The molecule has 0 atom stereocenters. The van der Waals surface area contributed by atoms with Crippen LogP contribution in [0.25, 0.3) is 11.4 Å². The van der Waals surface area contributed by atoms with Gasteiger partial charge in [0.25, 0.3) is 5.69 Å².